The Morgan fingerprint density at radius 1 is 1.17 bits per heavy atom. The van der Waals surface area contributed by atoms with Crippen LogP contribution in [0.15, 0.2) is 54.9 Å². The molecule has 0 radical (unpaired) electrons. The Bertz CT molecular complexity index is 797. The number of aryl methyl sites for hydroxylation is 1. The van der Waals surface area contributed by atoms with Gasteiger partial charge in [-0.3, -0.25) is 4.79 Å². The van der Waals surface area contributed by atoms with Gasteiger partial charge in [0, 0.05) is 11.3 Å². The fourth-order valence-corrected chi connectivity index (χ4v) is 2.41. The normalized spacial score (nSPS) is 10.5. The van der Waals surface area contributed by atoms with Crippen molar-refractivity contribution in [3.63, 3.8) is 0 Å². The predicted molar refractivity (Wildman–Crippen MR) is 92.2 cm³/mol. The van der Waals surface area contributed by atoms with E-state index >= 15 is 0 Å². The molecule has 1 N–H and O–H groups in total. The highest BCUT2D eigenvalue weighted by molar-refractivity contribution is 6.04. The van der Waals surface area contributed by atoms with Crippen LogP contribution in [-0.4, -0.2) is 26.1 Å². The van der Waals surface area contributed by atoms with Crippen LogP contribution in [0.4, 0.5) is 5.69 Å². The van der Waals surface area contributed by atoms with Crippen molar-refractivity contribution in [1.82, 2.24) is 20.2 Å². The van der Waals surface area contributed by atoms with Gasteiger partial charge in [-0.2, -0.15) is 0 Å². The van der Waals surface area contributed by atoms with Gasteiger partial charge in [0.1, 0.15) is 6.33 Å². The van der Waals surface area contributed by atoms with E-state index in [2.05, 4.69) is 39.9 Å². The molecule has 0 aliphatic heterocycles. The van der Waals surface area contributed by atoms with Gasteiger partial charge in [0.2, 0.25) is 0 Å². The summed E-state index contributed by atoms with van der Waals surface area (Å²) in [6.07, 6.45) is 4.91. The third-order valence-electron chi connectivity index (χ3n) is 3.75. The largest absolute Gasteiger partial charge is 0.322 e. The minimum atomic E-state index is -0.161. The molecule has 0 saturated carbocycles. The molecular weight excluding hydrogens is 302 g/mol. The summed E-state index contributed by atoms with van der Waals surface area (Å²) in [6.45, 7) is 2.18. The summed E-state index contributed by atoms with van der Waals surface area (Å²) < 4.78 is 1.51. The Morgan fingerprint density at radius 3 is 2.71 bits per heavy atom. The molecule has 0 aliphatic rings. The van der Waals surface area contributed by atoms with E-state index in [1.54, 1.807) is 18.2 Å². The van der Waals surface area contributed by atoms with E-state index in [1.807, 2.05) is 18.2 Å². The number of nitrogens with one attached hydrogen (secondary N) is 1. The van der Waals surface area contributed by atoms with Gasteiger partial charge in [-0.1, -0.05) is 31.5 Å². The Hall–Kier alpha value is -3.02. The lowest BCUT2D eigenvalue weighted by molar-refractivity contribution is 0.102. The summed E-state index contributed by atoms with van der Waals surface area (Å²) in [4.78, 5) is 12.4. The number of tetrazole rings is 1. The van der Waals surface area contributed by atoms with E-state index in [-0.39, 0.29) is 5.91 Å². The van der Waals surface area contributed by atoms with Crippen molar-refractivity contribution in [2.75, 3.05) is 5.32 Å². The van der Waals surface area contributed by atoms with Crippen LogP contribution in [0.5, 0.6) is 0 Å². The van der Waals surface area contributed by atoms with Crippen LogP contribution >= 0.6 is 0 Å². The van der Waals surface area contributed by atoms with Gasteiger partial charge in [0.25, 0.3) is 5.91 Å². The van der Waals surface area contributed by atoms with Gasteiger partial charge in [-0.15, -0.1) is 5.10 Å². The van der Waals surface area contributed by atoms with Gasteiger partial charge >= 0.3 is 0 Å². The number of aromatic nitrogens is 4. The van der Waals surface area contributed by atoms with E-state index < -0.39 is 0 Å². The highest BCUT2D eigenvalue weighted by Crippen LogP contribution is 2.14. The molecule has 6 heteroatoms. The van der Waals surface area contributed by atoms with Crippen LogP contribution in [0.1, 0.15) is 35.7 Å². The summed E-state index contributed by atoms with van der Waals surface area (Å²) in [7, 11) is 0. The maximum absolute atomic E-state index is 12.4. The lowest BCUT2D eigenvalue weighted by atomic mass is 10.1. The number of unbranched alkanes of at least 4 members (excludes halogenated alkanes) is 1. The fraction of sp³-hybridized carbons (Fsp3) is 0.222. The van der Waals surface area contributed by atoms with E-state index in [1.165, 1.54) is 29.4 Å². The third-order valence-corrected chi connectivity index (χ3v) is 3.75. The lowest BCUT2D eigenvalue weighted by Gasteiger charge is -2.08. The van der Waals surface area contributed by atoms with E-state index in [4.69, 9.17) is 0 Å². The second kappa shape index (κ2) is 7.50. The van der Waals surface area contributed by atoms with Crippen LogP contribution in [0.25, 0.3) is 5.69 Å². The first-order valence-electron chi connectivity index (χ1n) is 8.00. The first-order valence-corrected chi connectivity index (χ1v) is 8.00. The number of carbonyl (C=O) groups excluding carboxylic acids is 1. The Balaban J connectivity index is 1.70. The first kappa shape index (κ1) is 15.9. The molecule has 0 unspecified atom stereocenters. The number of benzene rings is 2. The average molecular weight is 321 g/mol. The summed E-state index contributed by atoms with van der Waals surface area (Å²) in [6, 6.07) is 15.2. The average Bonchev–Trinajstić information content (AvgIpc) is 3.16. The Kier molecular flexibility index (Phi) is 4.96. The molecule has 0 fully saturated rings. The third kappa shape index (κ3) is 3.84. The molecule has 1 aromatic heterocycles. The van der Waals surface area contributed by atoms with Crippen LogP contribution < -0.4 is 5.32 Å². The standard InChI is InChI=1S/C18H19N5O/c1-2-3-5-14-8-10-16(11-9-14)20-18(24)15-6-4-7-17(12-15)23-13-19-21-22-23/h4,6-13H,2-3,5H2,1H3,(H,20,24). The quantitative estimate of drug-likeness (QED) is 0.756. The van der Waals surface area contributed by atoms with Gasteiger partial charge < -0.3 is 5.32 Å². The summed E-state index contributed by atoms with van der Waals surface area (Å²) in [5.74, 6) is -0.161. The van der Waals surface area contributed by atoms with E-state index in [9.17, 15) is 4.79 Å². The molecule has 6 nitrogen and oxygen atoms in total. The van der Waals surface area contributed by atoms with Gasteiger partial charge in [0.05, 0.1) is 5.69 Å². The maximum atomic E-state index is 12.4. The van der Waals surface area contributed by atoms with Gasteiger partial charge in [-0.05, 0) is 59.2 Å². The molecule has 3 rings (SSSR count). The van der Waals surface area contributed by atoms with Crippen molar-refractivity contribution in [3.05, 3.63) is 66.0 Å². The van der Waals surface area contributed by atoms with Crippen LogP contribution in [0.3, 0.4) is 0 Å². The van der Waals surface area contributed by atoms with Crippen LogP contribution in [-0.2, 0) is 6.42 Å². The van der Waals surface area contributed by atoms with Crippen molar-refractivity contribution < 1.29 is 4.79 Å². The minimum absolute atomic E-state index is 0.161. The van der Waals surface area contributed by atoms with Crippen molar-refractivity contribution in [2.45, 2.75) is 26.2 Å². The Labute approximate surface area is 140 Å². The molecule has 122 valence electrons. The molecule has 0 spiro atoms. The molecule has 0 bridgehead atoms. The summed E-state index contributed by atoms with van der Waals surface area (Å²) in [5.41, 5.74) is 3.37. The first-order chi connectivity index (χ1) is 11.8. The SMILES string of the molecule is CCCCc1ccc(NC(=O)c2cccc(-n3cnnn3)c2)cc1. The molecule has 1 heterocycles. The summed E-state index contributed by atoms with van der Waals surface area (Å²) >= 11 is 0. The zero-order chi connectivity index (χ0) is 16.8. The second-order valence-corrected chi connectivity index (χ2v) is 5.56. The molecule has 1 amide bonds. The molecule has 0 atom stereocenters. The number of rotatable bonds is 6. The van der Waals surface area contributed by atoms with E-state index in [0.717, 1.165) is 17.8 Å². The topological polar surface area (TPSA) is 72.7 Å². The highest BCUT2D eigenvalue weighted by atomic mass is 16.1. The fourth-order valence-electron chi connectivity index (χ4n) is 2.41. The number of carbonyl (C=O) groups is 1. The van der Waals surface area contributed by atoms with Crippen molar-refractivity contribution in [2.24, 2.45) is 0 Å². The maximum Gasteiger partial charge on any atom is 0.255 e. The van der Waals surface area contributed by atoms with Crippen molar-refractivity contribution in [1.29, 1.82) is 0 Å². The smallest absolute Gasteiger partial charge is 0.255 e. The van der Waals surface area contributed by atoms with Crippen molar-refractivity contribution in [3.8, 4) is 5.69 Å². The molecular formula is C18H19N5O. The van der Waals surface area contributed by atoms with Crippen molar-refractivity contribution >= 4 is 11.6 Å². The van der Waals surface area contributed by atoms with Crippen LogP contribution in [0, 0.1) is 0 Å². The second-order valence-electron chi connectivity index (χ2n) is 5.56. The predicted octanol–water partition coefficient (Wildman–Crippen LogP) is 3.26. The summed E-state index contributed by atoms with van der Waals surface area (Å²) in [5, 5.41) is 13.9. The van der Waals surface area contributed by atoms with E-state index in [0.29, 0.717) is 5.56 Å². The number of amides is 1. The zero-order valence-electron chi connectivity index (χ0n) is 13.5. The molecule has 24 heavy (non-hydrogen) atoms. The molecule has 0 saturated heterocycles. The Morgan fingerprint density at radius 2 is 2.00 bits per heavy atom. The molecule has 2 aromatic carbocycles. The number of anilines is 1. The monoisotopic (exact) mass is 321 g/mol. The molecule has 3 aromatic rings. The number of hydrogen-bond donors (Lipinski definition) is 1. The minimum Gasteiger partial charge on any atom is -0.322 e. The molecule has 0 aliphatic carbocycles. The zero-order valence-corrected chi connectivity index (χ0v) is 13.5. The van der Waals surface area contributed by atoms with Gasteiger partial charge in [0.15, 0.2) is 0 Å². The number of hydrogen-bond acceptors (Lipinski definition) is 4. The van der Waals surface area contributed by atoms with Crippen LogP contribution in [0.2, 0.25) is 0 Å². The lowest BCUT2D eigenvalue weighted by Crippen LogP contribution is -2.12. The highest BCUT2D eigenvalue weighted by Gasteiger charge is 2.08. The number of nitrogens with zero attached hydrogens (tertiary/aromatic N) is 4. The van der Waals surface area contributed by atoms with Gasteiger partial charge in [-0.25, -0.2) is 4.68 Å².